The molecular weight excluding hydrogens is 252 g/mol. The highest BCUT2D eigenvalue weighted by Gasteiger charge is 2.19. The number of nitrogens with zero attached hydrogens (tertiary/aromatic N) is 1. The van der Waals surface area contributed by atoms with Crippen molar-refractivity contribution >= 4 is 0 Å². The molecule has 108 valence electrons. The van der Waals surface area contributed by atoms with Crippen LogP contribution in [0.2, 0.25) is 0 Å². The van der Waals surface area contributed by atoms with Gasteiger partial charge in [-0.2, -0.15) is 5.26 Å². The highest BCUT2D eigenvalue weighted by Crippen LogP contribution is 2.19. The number of benzene rings is 1. The molecule has 1 saturated heterocycles. The predicted molar refractivity (Wildman–Crippen MR) is 77.4 cm³/mol. The Balaban J connectivity index is 1.77. The molecular formula is C16H22N2O2. The molecule has 1 aliphatic heterocycles. The summed E-state index contributed by atoms with van der Waals surface area (Å²) in [6.45, 7) is 4.99. The van der Waals surface area contributed by atoms with E-state index in [-0.39, 0.29) is 6.61 Å². The van der Waals surface area contributed by atoms with Crippen LogP contribution in [0.15, 0.2) is 24.3 Å². The summed E-state index contributed by atoms with van der Waals surface area (Å²) in [6.07, 6.45) is 2.30. The van der Waals surface area contributed by atoms with E-state index in [9.17, 15) is 0 Å². The van der Waals surface area contributed by atoms with E-state index >= 15 is 0 Å². The van der Waals surface area contributed by atoms with Crippen LogP contribution < -0.4 is 10.1 Å². The van der Waals surface area contributed by atoms with Crippen LogP contribution in [0.5, 0.6) is 5.75 Å². The normalized spacial score (nSPS) is 17.4. The van der Waals surface area contributed by atoms with Gasteiger partial charge in [0, 0.05) is 25.8 Å². The van der Waals surface area contributed by atoms with E-state index in [1.165, 1.54) is 5.56 Å². The monoisotopic (exact) mass is 274 g/mol. The van der Waals surface area contributed by atoms with E-state index < -0.39 is 0 Å². The second-order valence-electron chi connectivity index (χ2n) is 5.21. The van der Waals surface area contributed by atoms with Crippen LogP contribution >= 0.6 is 0 Å². The first-order valence-electron chi connectivity index (χ1n) is 7.19. The lowest BCUT2D eigenvalue weighted by atomic mass is 9.93. The molecule has 1 unspecified atom stereocenters. The number of ether oxygens (including phenoxy) is 2. The van der Waals surface area contributed by atoms with Crippen molar-refractivity contribution in [2.24, 2.45) is 5.92 Å². The minimum absolute atomic E-state index is 0.0956. The van der Waals surface area contributed by atoms with Gasteiger partial charge in [0.15, 0.2) is 6.61 Å². The lowest BCUT2D eigenvalue weighted by Gasteiger charge is -2.28. The minimum atomic E-state index is 0.0956. The van der Waals surface area contributed by atoms with Crippen LogP contribution in [0.4, 0.5) is 0 Å². The number of hydrogen-bond acceptors (Lipinski definition) is 4. The Bertz CT molecular complexity index is 433. The van der Waals surface area contributed by atoms with Gasteiger partial charge in [-0.25, -0.2) is 0 Å². The van der Waals surface area contributed by atoms with Crippen molar-refractivity contribution in [3.8, 4) is 11.8 Å². The summed E-state index contributed by atoms with van der Waals surface area (Å²) in [7, 11) is 0. The van der Waals surface area contributed by atoms with E-state index in [2.05, 4.69) is 12.2 Å². The second-order valence-corrected chi connectivity index (χ2v) is 5.21. The molecule has 0 radical (unpaired) electrons. The molecule has 0 spiro atoms. The van der Waals surface area contributed by atoms with Gasteiger partial charge in [-0.15, -0.1) is 0 Å². The van der Waals surface area contributed by atoms with Gasteiger partial charge in [0.1, 0.15) is 11.8 Å². The van der Waals surface area contributed by atoms with E-state index in [0.29, 0.717) is 12.0 Å². The molecule has 1 aliphatic rings. The van der Waals surface area contributed by atoms with Gasteiger partial charge >= 0.3 is 0 Å². The maximum absolute atomic E-state index is 8.46. The number of hydrogen-bond donors (Lipinski definition) is 1. The smallest absolute Gasteiger partial charge is 0.174 e. The zero-order valence-corrected chi connectivity index (χ0v) is 12.0. The van der Waals surface area contributed by atoms with Crippen molar-refractivity contribution in [2.45, 2.75) is 32.4 Å². The molecule has 20 heavy (non-hydrogen) atoms. The second kappa shape index (κ2) is 7.88. The molecule has 0 aliphatic carbocycles. The Morgan fingerprint density at radius 2 is 2.05 bits per heavy atom. The standard InChI is InChI=1S/C16H22N2O2/c1-13(15-6-9-19-10-7-15)18-12-14-2-4-16(5-3-14)20-11-8-17/h2-5,13,15,18H,6-7,9-12H2,1H3. The number of rotatable bonds is 6. The van der Waals surface area contributed by atoms with Crippen LogP contribution in [0.1, 0.15) is 25.3 Å². The number of nitriles is 1. The van der Waals surface area contributed by atoms with Crippen LogP contribution in [-0.4, -0.2) is 25.9 Å². The summed E-state index contributed by atoms with van der Waals surface area (Å²) in [5, 5.41) is 12.0. The average molecular weight is 274 g/mol. The summed E-state index contributed by atoms with van der Waals surface area (Å²) >= 11 is 0. The van der Waals surface area contributed by atoms with Crippen LogP contribution in [0.25, 0.3) is 0 Å². The van der Waals surface area contributed by atoms with Crippen molar-refractivity contribution in [1.29, 1.82) is 5.26 Å². The summed E-state index contributed by atoms with van der Waals surface area (Å²) in [4.78, 5) is 0. The Morgan fingerprint density at radius 3 is 2.70 bits per heavy atom. The molecule has 4 heteroatoms. The Kier molecular flexibility index (Phi) is 5.85. The van der Waals surface area contributed by atoms with Crippen LogP contribution in [-0.2, 0) is 11.3 Å². The van der Waals surface area contributed by atoms with Crippen molar-refractivity contribution in [1.82, 2.24) is 5.32 Å². The van der Waals surface area contributed by atoms with Crippen LogP contribution in [0.3, 0.4) is 0 Å². The Labute approximate surface area is 120 Å². The van der Waals surface area contributed by atoms with Crippen molar-refractivity contribution in [3.63, 3.8) is 0 Å². The van der Waals surface area contributed by atoms with Crippen molar-refractivity contribution in [2.75, 3.05) is 19.8 Å². The van der Waals surface area contributed by atoms with Gasteiger partial charge < -0.3 is 14.8 Å². The summed E-state index contributed by atoms with van der Waals surface area (Å²) in [6, 6.07) is 10.4. The Hall–Kier alpha value is -1.57. The molecule has 1 aromatic rings. The maximum Gasteiger partial charge on any atom is 0.174 e. The molecule has 0 bridgehead atoms. The molecule has 2 rings (SSSR count). The fourth-order valence-corrected chi connectivity index (χ4v) is 2.48. The third-order valence-corrected chi connectivity index (χ3v) is 3.83. The fourth-order valence-electron chi connectivity index (χ4n) is 2.48. The lowest BCUT2D eigenvalue weighted by Crippen LogP contribution is -2.36. The van der Waals surface area contributed by atoms with E-state index in [1.54, 1.807) is 0 Å². The van der Waals surface area contributed by atoms with Gasteiger partial charge in [0.25, 0.3) is 0 Å². The first kappa shape index (κ1) is 14.8. The zero-order valence-electron chi connectivity index (χ0n) is 12.0. The third kappa shape index (κ3) is 4.52. The van der Waals surface area contributed by atoms with Gasteiger partial charge in [-0.05, 0) is 43.4 Å². The first-order valence-corrected chi connectivity index (χ1v) is 7.19. The van der Waals surface area contributed by atoms with Gasteiger partial charge in [0.2, 0.25) is 0 Å². The topological polar surface area (TPSA) is 54.3 Å². The zero-order chi connectivity index (χ0) is 14.2. The lowest BCUT2D eigenvalue weighted by molar-refractivity contribution is 0.0558. The van der Waals surface area contributed by atoms with E-state index in [0.717, 1.165) is 38.3 Å². The highest BCUT2D eigenvalue weighted by atomic mass is 16.5. The summed E-state index contributed by atoms with van der Waals surface area (Å²) in [5.74, 6) is 1.45. The van der Waals surface area contributed by atoms with Gasteiger partial charge in [-0.1, -0.05) is 12.1 Å². The third-order valence-electron chi connectivity index (χ3n) is 3.83. The average Bonchev–Trinajstić information content (AvgIpc) is 2.52. The van der Waals surface area contributed by atoms with E-state index in [4.69, 9.17) is 14.7 Å². The highest BCUT2D eigenvalue weighted by molar-refractivity contribution is 5.27. The molecule has 0 amide bonds. The molecule has 1 atom stereocenters. The van der Waals surface area contributed by atoms with Gasteiger partial charge in [0.05, 0.1) is 0 Å². The largest absolute Gasteiger partial charge is 0.479 e. The fraction of sp³-hybridized carbons (Fsp3) is 0.562. The Morgan fingerprint density at radius 1 is 1.35 bits per heavy atom. The van der Waals surface area contributed by atoms with Crippen molar-refractivity contribution < 1.29 is 9.47 Å². The predicted octanol–water partition coefficient (Wildman–Crippen LogP) is 2.49. The SMILES string of the molecule is CC(NCc1ccc(OCC#N)cc1)C1CCOCC1. The molecule has 1 N–H and O–H groups in total. The number of nitrogens with one attached hydrogen (secondary N) is 1. The van der Waals surface area contributed by atoms with Crippen LogP contribution in [0, 0.1) is 17.2 Å². The molecule has 4 nitrogen and oxygen atoms in total. The van der Waals surface area contributed by atoms with Gasteiger partial charge in [-0.3, -0.25) is 0 Å². The maximum atomic E-state index is 8.46. The minimum Gasteiger partial charge on any atom is -0.479 e. The molecule has 1 fully saturated rings. The first-order chi connectivity index (χ1) is 9.79. The summed E-state index contributed by atoms with van der Waals surface area (Å²) in [5.41, 5.74) is 1.23. The molecule has 0 aromatic heterocycles. The van der Waals surface area contributed by atoms with E-state index in [1.807, 2.05) is 30.3 Å². The molecule has 1 heterocycles. The molecule has 0 saturated carbocycles. The quantitative estimate of drug-likeness (QED) is 0.866. The summed E-state index contributed by atoms with van der Waals surface area (Å²) < 4.78 is 10.6. The van der Waals surface area contributed by atoms with Crippen molar-refractivity contribution in [3.05, 3.63) is 29.8 Å². The molecule has 1 aromatic carbocycles.